The summed E-state index contributed by atoms with van der Waals surface area (Å²) in [4.78, 5) is 0. The predicted molar refractivity (Wildman–Crippen MR) is 52.9 cm³/mol. The molecule has 0 aromatic heterocycles. The Kier molecular flexibility index (Phi) is 4.31. The summed E-state index contributed by atoms with van der Waals surface area (Å²) in [6.45, 7) is 0.916. The highest BCUT2D eigenvalue weighted by atomic mass is 32.2. The molecule has 2 unspecified atom stereocenters. The summed E-state index contributed by atoms with van der Waals surface area (Å²) in [5, 5.41) is 0. The Morgan fingerprint density at radius 1 is 1.36 bits per heavy atom. The van der Waals surface area contributed by atoms with Gasteiger partial charge in [-0.2, -0.15) is 11.8 Å². The van der Waals surface area contributed by atoms with Crippen LogP contribution < -0.4 is 5.73 Å². The van der Waals surface area contributed by atoms with Gasteiger partial charge >= 0.3 is 0 Å². The summed E-state index contributed by atoms with van der Waals surface area (Å²) in [5.41, 5.74) is 5.69. The van der Waals surface area contributed by atoms with Crippen LogP contribution in [0.3, 0.4) is 0 Å². The van der Waals surface area contributed by atoms with Crippen molar-refractivity contribution in [2.45, 2.75) is 25.7 Å². The minimum Gasteiger partial charge on any atom is -0.330 e. The molecule has 1 nitrogen and oxygen atoms in total. The molecule has 0 saturated heterocycles. The van der Waals surface area contributed by atoms with Gasteiger partial charge in [-0.3, -0.25) is 0 Å². The maximum atomic E-state index is 5.69. The molecule has 0 aromatic rings. The molecule has 0 radical (unpaired) electrons. The van der Waals surface area contributed by atoms with E-state index in [1.54, 1.807) is 0 Å². The van der Waals surface area contributed by atoms with Crippen LogP contribution in [0.5, 0.6) is 0 Å². The second-order valence-electron chi connectivity index (χ2n) is 3.47. The van der Waals surface area contributed by atoms with E-state index in [2.05, 4.69) is 6.26 Å². The van der Waals surface area contributed by atoms with Crippen LogP contribution in [0.4, 0.5) is 0 Å². The van der Waals surface area contributed by atoms with E-state index >= 15 is 0 Å². The minimum atomic E-state index is 0.849. The summed E-state index contributed by atoms with van der Waals surface area (Å²) in [7, 11) is 0. The molecule has 1 saturated carbocycles. The maximum Gasteiger partial charge on any atom is -0.00462 e. The van der Waals surface area contributed by atoms with E-state index < -0.39 is 0 Å². The molecule has 0 aromatic carbocycles. The van der Waals surface area contributed by atoms with Gasteiger partial charge in [-0.05, 0) is 43.2 Å². The highest BCUT2D eigenvalue weighted by Gasteiger charge is 2.24. The molecule has 2 N–H and O–H groups in total. The standard InChI is InChI=1S/C9H19NS/c1-11-6-5-8-3-2-4-9(8)7-10/h8-9H,2-7,10H2,1H3. The van der Waals surface area contributed by atoms with Crippen molar-refractivity contribution < 1.29 is 0 Å². The summed E-state index contributed by atoms with van der Waals surface area (Å²) < 4.78 is 0. The van der Waals surface area contributed by atoms with Gasteiger partial charge in [0.1, 0.15) is 0 Å². The van der Waals surface area contributed by atoms with Gasteiger partial charge in [-0.1, -0.05) is 12.8 Å². The van der Waals surface area contributed by atoms with E-state index in [1.807, 2.05) is 11.8 Å². The molecule has 11 heavy (non-hydrogen) atoms. The summed E-state index contributed by atoms with van der Waals surface area (Å²) in [6.07, 6.45) is 7.81. The fourth-order valence-electron chi connectivity index (χ4n) is 2.07. The smallest absolute Gasteiger partial charge is 0.00462 e. The maximum absolute atomic E-state index is 5.69. The van der Waals surface area contributed by atoms with E-state index in [9.17, 15) is 0 Å². The molecule has 0 heterocycles. The lowest BCUT2D eigenvalue weighted by Crippen LogP contribution is -2.18. The SMILES string of the molecule is CSCCC1CCCC1CN. The predicted octanol–water partition coefficient (Wildman–Crippen LogP) is 2.11. The number of thioether (sulfide) groups is 1. The van der Waals surface area contributed by atoms with E-state index in [4.69, 9.17) is 5.73 Å². The van der Waals surface area contributed by atoms with Crippen molar-refractivity contribution in [1.82, 2.24) is 0 Å². The second-order valence-corrected chi connectivity index (χ2v) is 4.45. The van der Waals surface area contributed by atoms with Crippen LogP contribution in [-0.2, 0) is 0 Å². The molecule has 0 spiro atoms. The van der Waals surface area contributed by atoms with Crippen molar-refractivity contribution >= 4 is 11.8 Å². The first kappa shape index (κ1) is 9.40. The van der Waals surface area contributed by atoms with E-state index in [-0.39, 0.29) is 0 Å². The largest absolute Gasteiger partial charge is 0.330 e. The normalized spacial score (nSPS) is 31.1. The van der Waals surface area contributed by atoms with Gasteiger partial charge in [0.05, 0.1) is 0 Å². The van der Waals surface area contributed by atoms with Gasteiger partial charge in [0.25, 0.3) is 0 Å². The molecule has 1 rings (SSSR count). The number of rotatable bonds is 4. The van der Waals surface area contributed by atoms with Crippen LogP contribution in [0, 0.1) is 11.8 Å². The first-order valence-electron chi connectivity index (χ1n) is 4.57. The number of nitrogens with two attached hydrogens (primary N) is 1. The molecule has 1 aliphatic rings. The molecule has 1 fully saturated rings. The highest BCUT2D eigenvalue weighted by Crippen LogP contribution is 2.33. The lowest BCUT2D eigenvalue weighted by molar-refractivity contribution is 0.388. The fraction of sp³-hybridized carbons (Fsp3) is 1.00. The molecule has 0 amide bonds. The van der Waals surface area contributed by atoms with Gasteiger partial charge < -0.3 is 5.73 Å². The van der Waals surface area contributed by atoms with Crippen molar-refractivity contribution in [3.8, 4) is 0 Å². The molecule has 0 aliphatic heterocycles. The van der Waals surface area contributed by atoms with Crippen molar-refractivity contribution in [2.24, 2.45) is 17.6 Å². The summed E-state index contributed by atoms with van der Waals surface area (Å²) in [5.74, 6) is 3.12. The third-order valence-electron chi connectivity index (χ3n) is 2.81. The molecule has 66 valence electrons. The minimum absolute atomic E-state index is 0.849. The van der Waals surface area contributed by atoms with Crippen LogP contribution in [0.25, 0.3) is 0 Å². The molecule has 2 atom stereocenters. The summed E-state index contributed by atoms with van der Waals surface area (Å²) in [6, 6.07) is 0. The van der Waals surface area contributed by atoms with Crippen LogP contribution in [0.2, 0.25) is 0 Å². The Hall–Kier alpha value is 0.310. The Morgan fingerprint density at radius 3 is 2.73 bits per heavy atom. The average molecular weight is 173 g/mol. The lowest BCUT2D eigenvalue weighted by atomic mass is 9.94. The topological polar surface area (TPSA) is 26.0 Å². The van der Waals surface area contributed by atoms with Crippen LogP contribution in [0.15, 0.2) is 0 Å². The van der Waals surface area contributed by atoms with Crippen molar-refractivity contribution in [1.29, 1.82) is 0 Å². The van der Waals surface area contributed by atoms with Crippen LogP contribution >= 0.6 is 11.8 Å². The van der Waals surface area contributed by atoms with E-state index in [0.29, 0.717) is 0 Å². The van der Waals surface area contributed by atoms with Gasteiger partial charge in [-0.25, -0.2) is 0 Å². The van der Waals surface area contributed by atoms with Crippen LogP contribution in [-0.4, -0.2) is 18.6 Å². The second kappa shape index (κ2) is 5.04. The molecule has 0 bridgehead atoms. The van der Waals surface area contributed by atoms with Gasteiger partial charge in [0.15, 0.2) is 0 Å². The monoisotopic (exact) mass is 173 g/mol. The van der Waals surface area contributed by atoms with E-state index in [1.165, 1.54) is 31.4 Å². The third-order valence-corrected chi connectivity index (χ3v) is 3.46. The Morgan fingerprint density at radius 2 is 2.09 bits per heavy atom. The van der Waals surface area contributed by atoms with Crippen molar-refractivity contribution in [3.05, 3.63) is 0 Å². The molecular formula is C9H19NS. The van der Waals surface area contributed by atoms with Crippen LogP contribution in [0.1, 0.15) is 25.7 Å². The Labute approximate surface area is 74.1 Å². The Bertz CT molecular complexity index is 106. The van der Waals surface area contributed by atoms with Crippen molar-refractivity contribution in [3.63, 3.8) is 0 Å². The van der Waals surface area contributed by atoms with E-state index in [0.717, 1.165) is 18.4 Å². The lowest BCUT2D eigenvalue weighted by Gasteiger charge is -2.16. The molecule has 1 aliphatic carbocycles. The summed E-state index contributed by atoms with van der Waals surface area (Å²) >= 11 is 1.96. The van der Waals surface area contributed by atoms with Gasteiger partial charge in [0, 0.05) is 0 Å². The first-order chi connectivity index (χ1) is 5.38. The quantitative estimate of drug-likeness (QED) is 0.704. The highest BCUT2D eigenvalue weighted by molar-refractivity contribution is 7.98. The van der Waals surface area contributed by atoms with Gasteiger partial charge in [0.2, 0.25) is 0 Å². The molecule has 2 heteroatoms. The first-order valence-corrected chi connectivity index (χ1v) is 5.97. The zero-order valence-corrected chi connectivity index (χ0v) is 8.20. The van der Waals surface area contributed by atoms with Gasteiger partial charge in [-0.15, -0.1) is 0 Å². The number of hydrogen-bond acceptors (Lipinski definition) is 2. The molecular weight excluding hydrogens is 154 g/mol. The third kappa shape index (κ3) is 2.68. The zero-order chi connectivity index (χ0) is 8.10. The Balaban J connectivity index is 2.20. The average Bonchev–Trinajstić information content (AvgIpc) is 2.47. The fourth-order valence-corrected chi connectivity index (χ4v) is 2.61. The zero-order valence-electron chi connectivity index (χ0n) is 7.38. The number of hydrogen-bond donors (Lipinski definition) is 1. The van der Waals surface area contributed by atoms with Crippen molar-refractivity contribution in [2.75, 3.05) is 18.6 Å².